The first-order valence-corrected chi connectivity index (χ1v) is 6.67. The van der Waals surface area contributed by atoms with E-state index < -0.39 is 12.0 Å². The second-order valence-corrected chi connectivity index (χ2v) is 5.17. The second-order valence-electron chi connectivity index (χ2n) is 5.17. The van der Waals surface area contributed by atoms with E-state index in [0.29, 0.717) is 18.5 Å². The van der Waals surface area contributed by atoms with Crippen LogP contribution in [0.15, 0.2) is 30.5 Å². The molecule has 1 amide bonds. The Morgan fingerprint density at radius 2 is 2.05 bits per heavy atom. The number of hydrogen-bond donors (Lipinski definition) is 1. The first-order valence-electron chi connectivity index (χ1n) is 6.67. The Labute approximate surface area is 116 Å². The van der Waals surface area contributed by atoms with E-state index in [1.807, 2.05) is 35.9 Å². The number of hydrogen-bond acceptors (Lipinski definition) is 2. The minimum atomic E-state index is -0.920. The van der Waals surface area contributed by atoms with Gasteiger partial charge in [-0.25, -0.2) is 4.79 Å². The minimum absolute atomic E-state index is 0.188. The van der Waals surface area contributed by atoms with E-state index in [2.05, 4.69) is 0 Å². The van der Waals surface area contributed by atoms with Crippen LogP contribution in [0.4, 0.5) is 0 Å². The number of carbonyl (C=O) groups excluding carboxylic acids is 1. The van der Waals surface area contributed by atoms with Gasteiger partial charge in [0.15, 0.2) is 0 Å². The summed E-state index contributed by atoms with van der Waals surface area (Å²) in [4.78, 5) is 25.3. The van der Waals surface area contributed by atoms with E-state index >= 15 is 0 Å². The standard InChI is InChI=1S/C15H16N2O3/c1-16-9-11(10-5-2-3-6-12(10)16)14(18)17-8-4-7-13(17)15(19)20/h2-3,5-6,9,13H,4,7-8H2,1H3,(H,19,20)/t13-/m1/s1. The zero-order valence-corrected chi connectivity index (χ0v) is 11.2. The molecular formula is C15H16N2O3. The monoisotopic (exact) mass is 272 g/mol. The third kappa shape index (κ3) is 1.86. The highest BCUT2D eigenvalue weighted by Crippen LogP contribution is 2.25. The fraction of sp³-hybridized carbons (Fsp3) is 0.333. The van der Waals surface area contributed by atoms with Crippen LogP contribution in [0.2, 0.25) is 0 Å². The fourth-order valence-electron chi connectivity index (χ4n) is 2.93. The molecule has 1 N–H and O–H groups in total. The summed E-state index contributed by atoms with van der Waals surface area (Å²) in [7, 11) is 1.89. The van der Waals surface area contributed by atoms with Crippen molar-refractivity contribution >= 4 is 22.8 Å². The van der Waals surface area contributed by atoms with Crippen molar-refractivity contribution in [1.82, 2.24) is 9.47 Å². The molecule has 1 aliphatic heterocycles. The topological polar surface area (TPSA) is 62.5 Å². The molecule has 20 heavy (non-hydrogen) atoms. The number of aliphatic carboxylic acids is 1. The van der Waals surface area contributed by atoms with Gasteiger partial charge >= 0.3 is 5.97 Å². The van der Waals surface area contributed by atoms with Crippen LogP contribution in [-0.2, 0) is 11.8 Å². The van der Waals surface area contributed by atoms with Crippen molar-refractivity contribution in [2.24, 2.45) is 7.05 Å². The number of para-hydroxylation sites is 1. The maximum absolute atomic E-state index is 12.6. The summed E-state index contributed by atoms with van der Waals surface area (Å²) in [5, 5.41) is 10.1. The largest absolute Gasteiger partial charge is 0.480 e. The maximum Gasteiger partial charge on any atom is 0.326 e. The van der Waals surface area contributed by atoms with Crippen LogP contribution in [0, 0.1) is 0 Å². The Morgan fingerprint density at radius 3 is 2.80 bits per heavy atom. The van der Waals surface area contributed by atoms with E-state index in [1.165, 1.54) is 4.90 Å². The number of carbonyl (C=O) groups is 2. The van der Waals surface area contributed by atoms with Crippen molar-refractivity contribution in [3.05, 3.63) is 36.0 Å². The number of aryl methyl sites for hydroxylation is 1. The third-order valence-corrected chi connectivity index (χ3v) is 3.93. The molecular weight excluding hydrogens is 256 g/mol. The Kier molecular flexibility index (Phi) is 2.97. The maximum atomic E-state index is 12.6. The van der Waals surface area contributed by atoms with Crippen molar-refractivity contribution in [3.8, 4) is 0 Å². The highest BCUT2D eigenvalue weighted by Gasteiger charge is 2.35. The molecule has 0 unspecified atom stereocenters. The van der Waals surface area contributed by atoms with Gasteiger partial charge in [0.25, 0.3) is 5.91 Å². The number of fused-ring (bicyclic) bond motifs is 1. The summed E-state index contributed by atoms with van der Waals surface area (Å²) in [5.41, 5.74) is 1.55. The lowest BCUT2D eigenvalue weighted by atomic mass is 10.1. The quantitative estimate of drug-likeness (QED) is 0.907. The summed E-state index contributed by atoms with van der Waals surface area (Å²) in [5.74, 6) is -1.11. The van der Waals surface area contributed by atoms with E-state index in [0.717, 1.165) is 17.3 Å². The molecule has 1 atom stereocenters. The molecule has 0 bridgehead atoms. The number of likely N-dealkylation sites (tertiary alicyclic amines) is 1. The predicted octanol–water partition coefficient (Wildman–Crippen LogP) is 1.87. The first-order chi connectivity index (χ1) is 9.59. The molecule has 5 nitrogen and oxygen atoms in total. The van der Waals surface area contributed by atoms with Gasteiger partial charge in [-0.05, 0) is 18.9 Å². The van der Waals surface area contributed by atoms with Crippen LogP contribution in [0.3, 0.4) is 0 Å². The average Bonchev–Trinajstić information content (AvgIpc) is 3.04. The van der Waals surface area contributed by atoms with Crippen LogP contribution >= 0.6 is 0 Å². The first kappa shape index (κ1) is 12.7. The number of aromatic nitrogens is 1. The van der Waals surface area contributed by atoms with Gasteiger partial charge in [0.1, 0.15) is 6.04 Å². The van der Waals surface area contributed by atoms with Crippen molar-refractivity contribution in [2.75, 3.05) is 6.54 Å². The Bertz CT molecular complexity index is 689. The second kappa shape index (κ2) is 4.67. The Balaban J connectivity index is 2.03. The smallest absolute Gasteiger partial charge is 0.326 e. The molecule has 0 saturated carbocycles. The van der Waals surface area contributed by atoms with Crippen LogP contribution in [-0.4, -0.2) is 39.0 Å². The summed E-state index contributed by atoms with van der Waals surface area (Å²) >= 11 is 0. The van der Waals surface area contributed by atoms with Crippen molar-refractivity contribution < 1.29 is 14.7 Å². The molecule has 2 heterocycles. The lowest BCUT2D eigenvalue weighted by molar-refractivity contribution is -0.141. The Morgan fingerprint density at radius 1 is 1.30 bits per heavy atom. The van der Waals surface area contributed by atoms with Gasteiger partial charge in [0.2, 0.25) is 0 Å². The number of amides is 1. The number of carboxylic acid groups (broad SMARTS) is 1. The molecule has 0 radical (unpaired) electrons. The molecule has 1 aliphatic rings. The zero-order valence-electron chi connectivity index (χ0n) is 11.2. The lowest BCUT2D eigenvalue weighted by Gasteiger charge is -2.21. The van der Waals surface area contributed by atoms with E-state index in [9.17, 15) is 14.7 Å². The molecule has 0 spiro atoms. The van der Waals surface area contributed by atoms with Crippen LogP contribution in [0.1, 0.15) is 23.2 Å². The number of benzene rings is 1. The SMILES string of the molecule is Cn1cc(C(=O)N2CCC[C@@H]2C(=O)O)c2ccccc21. The molecule has 0 aliphatic carbocycles. The number of rotatable bonds is 2. The third-order valence-electron chi connectivity index (χ3n) is 3.93. The van der Waals surface area contributed by atoms with E-state index in [-0.39, 0.29) is 5.91 Å². The zero-order chi connectivity index (χ0) is 14.3. The highest BCUT2D eigenvalue weighted by molar-refractivity contribution is 6.08. The number of nitrogens with zero attached hydrogens (tertiary/aromatic N) is 2. The van der Waals surface area contributed by atoms with Gasteiger partial charge in [-0.3, -0.25) is 4.79 Å². The van der Waals surface area contributed by atoms with Crippen molar-refractivity contribution in [2.45, 2.75) is 18.9 Å². The highest BCUT2D eigenvalue weighted by atomic mass is 16.4. The molecule has 1 aromatic heterocycles. The van der Waals surface area contributed by atoms with Gasteiger partial charge in [0, 0.05) is 30.7 Å². The minimum Gasteiger partial charge on any atom is -0.480 e. The number of carboxylic acids is 1. The van der Waals surface area contributed by atoms with Crippen molar-refractivity contribution in [1.29, 1.82) is 0 Å². The fourth-order valence-corrected chi connectivity index (χ4v) is 2.93. The van der Waals surface area contributed by atoms with Gasteiger partial charge in [-0.2, -0.15) is 0 Å². The Hall–Kier alpha value is -2.30. The molecule has 2 aromatic rings. The van der Waals surface area contributed by atoms with Crippen LogP contribution in [0.5, 0.6) is 0 Å². The summed E-state index contributed by atoms with van der Waals surface area (Å²) in [6.45, 7) is 0.513. The molecule has 1 aromatic carbocycles. The van der Waals surface area contributed by atoms with E-state index in [4.69, 9.17) is 0 Å². The summed E-state index contributed by atoms with van der Waals surface area (Å²) in [6, 6.07) is 6.96. The average molecular weight is 272 g/mol. The van der Waals surface area contributed by atoms with E-state index in [1.54, 1.807) is 6.20 Å². The predicted molar refractivity (Wildman–Crippen MR) is 74.6 cm³/mol. The molecule has 104 valence electrons. The van der Waals surface area contributed by atoms with Crippen molar-refractivity contribution in [3.63, 3.8) is 0 Å². The lowest BCUT2D eigenvalue weighted by Crippen LogP contribution is -2.40. The van der Waals surface area contributed by atoms with Gasteiger partial charge < -0.3 is 14.6 Å². The van der Waals surface area contributed by atoms with Gasteiger partial charge in [-0.1, -0.05) is 18.2 Å². The van der Waals surface area contributed by atoms with Gasteiger partial charge in [0.05, 0.1) is 5.56 Å². The molecule has 1 fully saturated rings. The summed E-state index contributed by atoms with van der Waals surface area (Å²) in [6.07, 6.45) is 3.06. The molecule has 3 rings (SSSR count). The molecule has 5 heteroatoms. The summed E-state index contributed by atoms with van der Waals surface area (Å²) < 4.78 is 1.90. The molecule has 1 saturated heterocycles. The normalized spacial score (nSPS) is 18.6. The van der Waals surface area contributed by atoms with Crippen LogP contribution in [0.25, 0.3) is 10.9 Å². The van der Waals surface area contributed by atoms with Crippen LogP contribution < -0.4 is 0 Å². The van der Waals surface area contributed by atoms with Gasteiger partial charge in [-0.15, -0.1) is 0 Å².